The molecule has 0 spiro atoms. The van der Waals surface area contributed by atoms with Gasteiger partial charge >= 0.3 is 5.97 Å². The molecular weight excluding hydrogens is 426 g/mol. The molecule has 0 aliphatic rings. The average Bonchev–Trinajstić information content (AvgIpc) is 2.83. The van der Waals surface area contributed by atoms with Crippen LogP contribution in [-0.4, -0.2) is 23.4 Å². The first-order valence-corrected chi connectivity index (χ1v) is 11.0. The minimum absolute atomic E-state index is 0.135. The van der Waals surface area contributed by atoms with E-state index in [4.69, 9.17) is 11.8 Å². The number of hydrogen-bond acceptors (Lipinski definition) is 5. The van der Waals surface area contributed by atoms with Crippen LogP contribution in [0.25, 0.3) is 10.8 Å². The third-order valence-electron chi connectivity index (χ3n) is 5.76. The number of esters is 1. The lowest BCUT2D eigenvalue weighted by molar-refractivity contribution is -0.117. The van der Waals surface area contributed by atoms with Crippen LogP contribution in [0, 0.1) is 13.8 Å². The number of aromatic nitrogens is 1. The second-order valence-electron chi connectivity index (χ2n) is 8.29. The summed E-state index contributed by atoms with van der Waals surface area (Å²) in [5.74, 6) is -1.13. The zero-order valence-corrected chi connectivity index (χ0v) is 19.2. The van der Waals surface area contributed by atoms with Gasteiger partial charge in [0.2, 0.25) is 5.91 Å². The minimum Gasteiger partial charge on any atom is -0.457 e. The van der Waals surface area contributed by atoms with Gasteiger partial charge in [-0.25, -0.2) is 4.79 Å². The molecule has 1 heterocycles. The highest BCUT2D eigenvalue weighted by Crippen LogP contribution is 2.22. The lowest BCUT2D eigenvalue weighted by atomic mass is 9.97. The third-order valence-corrected chi connectivity index (χ3v) is 5.76. The van der Waals surface area contributed by atoms with Crippen LogP contribution in [-0.2, 0) is 16.1 Å². The molecule has 0 aliphatic heterocycles. The largest absolute Gasteiger partial charge is 0.457 e. The molecule has 1 aromatic heterocycles. The fraction of sp³-hybridized carbons (Fsp3) is 0.179. The number of carbonyl (C=O) groups is 2. The Morgan fingerprint density at radius 1 is 1.03 bits per heavy atom. The predicted octanol–water partition coefficient (Wildman–Crippen LogP) is 4.89. The Morgan fingerprint density at radius 3 is 2.56 bits per heavy atom. The van der Waals surface area contributed by atoms with Crippen LogP contribution in [0.5, 0.6) is 0 Å². The maximum atomic E-state index is 12.9. The molecule has 0 fully saturated rings. The molecule has 0 saturated heterocycles. The SMILES string of the molecule is [2H]c1cc2cc(NC(=O)C(CN)c3ccc(COC(=O)c4ccc(C)cc4C)cc3)ccc2cn1. The number of ether oxygens (including phenoxy) is 1. The molecule has 0 radical (unpaired) electrons. The summed E-state index contributed by atoms with van der Waals surface area (Å²) in [6.07, 6.45) is 1.80. The van der Waals surface area contributed by atoms with Crippen LogP contribution < -0.4 is 11.1 Å². The van der Waals surface area contributed by atoms with Crippen LogP contribution in [0.1, 0.15) is 39.9 Å². The number of carbonyl (C=O) groups excluding carboxylic acids is 2. The zero-order chi connectivity index (χ0) is 24.9. The van der Waals surface area contributed by atoms with Crippen molar-refractivity contribution in [1.29, 1.82) is 0 Å². The van der Waals surface area contributed by atoms with E-state index in [1.54, 1.807) is 24.4 Å². The van der Waals surface area contributed by atoms with Gasteiger partial charge in [0.05, 0.1) is 12.9 Å². The van der Waals surface area contributed by atoms with E-state index >= 15 is 0 Å². The van der Waals surface area contributed by atoms with Gasteiger partial charge in [-0.15, -0.1) is 0 Å². The molecular formula is C28H27N3O3. The van der Waals surface area contributed by atoms with E-state index in [2.05, 4.69) is 10.3 Å². The lowest BCUT2D eigenvalue weighted by Gasteiger charge is -2.16. The van der Waals surface area contributed by atoms with Crippen molar-refractivity contribution in [2.45, 2.75) is 26.4 Å². The average molecular weight is 455 g/mol. The molecule has 1 unspecified atom stereocenters. The second-order valence-corrected chi connectivity index (χ2v) is 8.29. The van der Waals surface area contributed by atoms with Gasteiger partial charge in [-0.1, -0.05) is 48.0 Å². The van der Waals surface area contributed by atoms with E-state index in [9.17, 15) is 9.59 Å². The van der Waals surface area contributed by atoms with Crippen molar-refractivity contribution >= 4 is 28.3 Å². The smallest absolute Gasteiger partial charge is 0.338 e. The van der Waals surface area contributed by atoms with E-state index in [0.29, 0.717) is 11.3 Å². The Balaban J connectivity index is 1.40. The Bertz CT molecular complexity index is 1390. The van der Waals surface area contributed by atoms with Crippen molar-refractivity contribution in [1.82, 2.24) is 4.98 Å². The number of rotatable bonds is 7. The molecule has 3 N–H and O–H groups in total. The first kappa shape index (κ1) is 21.8. The molecule has 6 heteroatoms. The Labute approximate surface area is 200 Å². The summed E-state index contributed by atoms with van der Waals surface area (Å²) in [7, 11) is 0. The summed E-state index contributed by atoms with van der Waals surface area (Å²) < 4.78 is 13.2. The number of fused-ring (bicyclic) bond motifs is 1. The van der Waals surface area contributed by atoms with E-state index in [1.807, 2.05) is 62.4 Å². The molecule has 4 rings (SSSR count). The fourth-order valence-electron chi connectivity index (χ4n) is 3.85. The number of amides is 1. The highest BCUT2D eigenvalue weighted by Gasteiger charge is 2.19. The number of nitrogens with two attached hydrogens (primary N) is 1. The second kappa shape index (κ2) is 10.3. The molecule has 1 amide bonds. The predicted molar refractivity (Wildman–Crippen MR) is 134 cm³/mol. The first-order valence-electron chi connectivity index (χ1n) is 11.5. The molecule has 3 aromatic carbocycles. The van der Waals surface area contributed by atoms with Crippen LogP contribution >= 0.6 is 0 Å². The van der Waals surface area contributed by atoms with Crippen molar-refractivity contribution in [2.24, 2.45) is 5.73 Å². The van der Waals surface area contributed by atoms with Crippen molar-refractivity contribution in [3.63, 3.8) is 0 Å². The summed E-state index contributed by atoms with van der Waals surface area (Å²) in [5, 5.41) is 4.63. The van der Waals surface area contributed by atoms with Gasteiger partial charge in [-0.05, 0) is 60.2 Å². The molecule has 172 valence electrons. The Hall–Kier alpha value is -4.03. The van der Waals surface area contributed by atoms with E-state index in [0.717, 1.165) is 33.0 Å². The summed E-state index contributed by atoms with van der Waals surface area (Å²) in [4.78, 5) is 29.3. The molecule has 0 bridgehead atoms. The normalized spacial score (nSPS) is 12.1. The number of hydrogen-bond donors (Lipinski definition) is 2. The van der Waals surface area contributed by atoms with Crippen molar-refractivity contribution in [3.05, 3.63) is 107 Å². The third kappa shape index (κ3) is 5.30. The molecule has 6 nitrogen and oxygen atoms in total. The zero-order valence-electron chi connectivity index (χ0n) is 20.2. The highest BCUT2D eigenvalue weighted by molar-refractivity contribution is 5.98. The number of anilines is 1. The maximum Gasteiger partial charge on any atom is 0.338 e. The molecule has 0 saturated carbocycles. The van der Waals surface area contributed by atoms with E-state index in [1.165, 1.54) is 0 Å². The Morgan fingerprint density at radius 2 is 1.82 bits per heavy atom. The first-order chi connectivity index (χ1) is 16.8. The summed E-state index contributed by atoms with van der Waals surface area (Å²) in [6, 6.07) is 20.0. The van der Waals surface area contributed by atoms with E-state index < -0.39 is 5.92 Å². The van der Waals surface area contributed by atoms with Crippen molar-refractivity contribution < 1.29 is 15.7 Å². The Kier molecular flexibility index (Phi) is 6.59. The lowest BCUT2D eigenvalue weighted by Crippen LogP contribution is -2.27. The fourth-order valence-corrected chi connectivity index (χ4v) is 3.85. The van der Waals surface area contributed by atoms with Crippen LogP contribution in [0.3, 0.4) is 0 Å². The van der Waals surface area contributed by atoms with Crippen LogP contribution in [0.4, 0.5) is 5.69 Å². The monoisotopic (exact) mass is 454 g/mol. The molecule has 4 aromatic rings. The molecule has 34 heavy (non-hydrogen) atoms. The van der Waals surface area contributed by atoms with Gasteiger partial charge in [0, 0.05) is 30.0 Å². The summed E-state index contributed by atoms with van der Waals surface area (Å²) >= 11 is 0. The van der Waals surface area contributed by atoms with Crippen LogP contribution in [0.2, 0.25) is 0 Å². The van der Waals surface area contributed by atoms with Crippen LogP contribution in [0.15, 0.2) is 79.1 Å². The minimum atomic E-state index is -0.540. The molecule has 0 aliphatic carbocycles. The molecule has 1 atom stereocenters. The van der Waals surface area contributed by atoms with Gasteiger partial charge < -0.3 is 15.8 Å². The van der Waals surface area contributed by atoms with Gasteiger partial charge in [0.25, 0.3) is 0 Å². The number of aryl methyl sites for hydroxylation is 2. The summed E-state index contributed by atoms with van der Waals surface area (Å²) in [6.45, 7) is 4.14. The van der Waals surface area contributed by atoms with Gasteiger partial charge in [-0.3, -0.25) is 9.78 Å². The quantitative estimate of drug-likeness (QED) is 0.388. The van der Waals surface area contributed by atoms with Gasteiger partial charge in [0.15, 0.2) is 0 Å². The number of pyridine rings is 1. The highest BCUT2D eigenvalue weighted by atomic mass is 16.5. The number of benzene rings is 3. The number of nitrogens with zero attached hydrogens (tertiary/aromatic N) is 1. The van der Waals surface area contributed by atoms with E-state index in [-0.39, 0.29) is 31.2 Å². The van der Waals surface area contributed by atoms with Crippen molar-refractivity contribution in [2.75, 3.05) is 11.9 Å². The standard InChI is InChI=1S/C28H27N3O3/c1-18-3-10-25(19(2)13-18)28(33)34-17-20-4-6-21(7-5-20)26(15-29)27(32)31-24-9-8-23-16-30-12-11-22(23)14-24/h3-14,16,26H,15,17,29H2,1-2H3,(H,31,32)/i12D. The van der Waals surface area contributed by atoms with Gasteiger partial charge in [-0.2, -0.15) is 0 Å². The van der Waals surface area contributed by atoms with Crippen molar-refractivity contribution in [3.8, 4) is 0 Å². The van der Waals surface area contributed by atoms with Gasteiger partial charge in [0.1, 0.15) is 6.61 Å². The summed E-state index contributed by atoms with van der Waals surface area (Å²) in [5.41, 5.74) is 10.7. The maximum absolute atomic E-state index is 12.9. The topological polar surface area (TPSA) is 94.3 Å². The number of nitrogens with one attached hydrogen (secondary N) is 1.